The fraction of sp³-hybridized carbons (Fsp3) is 0.455. The summed E-state index contributed by atoms with van der Waals surface area (Å²) in [6, 6.07) is 15.6. The first kappa shape index (κ1) is 32.4. The topological polar surface area (TPSA) is 144 Å². The van der Waals surface area contributed by atoms with Gasteiger partial charge in [0.1, 0.15) is 18.7 Å². The lowest BCUT2D eigenvalue weighted by atomic mass is 9.87. The molecular weight excluding hydrogens is 562 g/mol. The highest BCUT2D eigenvalue weighted by Crippen LogP contribution is 2.24. The normalized spacial score (nSPS) is 15.6. The molecule has 0 saturated carbocycles. The Bertz CT molecular complexity index is 1470. The standard InChI is InChI=1S/C33H41N5O6/c1-21(2)27(36-32(42)43-19-23-12-7-6-8-13-23)31(41)38-16-10-15-25(38)29(40)34-20-33(4,5)28(39)30-35-26(37-44-30)18-24-14-9-11-22(3)17-24/h6-9,11-14,17,21,25,27H,10,15-16,18-20H2,1-5H3,(H,34,40)(H,36,42). The number of ether oxygens (including phenoxy) is 1. The van der Waals surface area contributed by atoms with E-state index in [0.29, 0.717) is 31.6 Å². The van der Waals surface area contributed by atoms with Crippen molar-refractivity contribution in [2.75, 3.05) is 13.1 Å². The van der Waals surface area contributed by atoms with E-state index in [2.05, 4.69) is 20.8 Å². The Morgan fingerprint density at radius 3 is 2.50 bits per heavy atom. The molecule has 3 amide bonds. The maximum Gasteiger partial charge on any atom is 0.408 e. The second-order valence-electron chi connectivity index (χ2n) is 12.2. The molecule has 2 N–H and O–H groups in total. The van der Waals surface area contributed by atoms with Crippen molar-refractivity contribution >= 4 is 23.7 Å². The van der Waals surface area contributed by atoms with Crippen LogP contribution in [0.25, 0.3) is 0 Å². The van der Waals surface area contributed by atoms with Gasteiger partial charge in [0, 0.05) is 19.5 Å². The summed E-state index contributed by atoms with van der Waals surface area (Å²) in [5.74, 6) is -1.06. The first-order valence-corrected chi connectivity index (χ1v) is 14.9. The second kappa shape index (κ2) is 14.3. The molecule has 2 unspecified atom stereocenters. The monoisotopic (exact) mass is 603 g/mol. The lowest BCUT2D eigenvalue weighted by molar-refractivity contribution is -0.140. The van der Waals surface area contributed by atoms with Gasteiger partial charge in [0.2, 0.25) is 17.6 Å². The molecule has 11 heteroatoms. The lowest BCUT2D eigenvalue weighted by Gasteiger charge is -2.31. The maximum absolute atomic E-state index is 13.6. The highest BCUT2D eigenvalue weighted by molar-refractivity contribution is 5.97. The Labute approximate surface area is 257 Å². The van der Waals surface area contributed by atoms with Gasteiger partial charge in [-0.15, -0.1) is 0 Å². The number of aryl methyl sites for hydroxylation is 1. The van der Waals surface area contributed by atoms with Gasteiger partial charge in [-0.2, -0.15) is 4.98 Å². The van der Waals surface area contributed by atoms with Crippen LogP contribution in [0.1, 0.15) is 73.7 Å². The van der Waals surface area contributed by atoms with Crippen molar-refractivity contribution < 1.29 is 28.4 Å². The Morgan fingerprint density at radius 2 is 1.80 bits per heavy atom. The van der Waals surface area contributed by atoms with Gasteiger partial charge in [0.05, 0.1) is 5.41 Å². The van der Waals surface area contributed by atoms with E-state index in [1.165, 1.54) is 4.90 Å². The lowest BCUT2D eigenvalue weighted by Crippen LogP contribution is -2.55. The fourth-order valence-electron chi connectivity index (χ4n) is 5.11. The van der Waals surface area contributed by atoms with Crippen molar-refractivity contribution in [3.8, 4) is 0 Å². The van der Waals surface area contributed by atoms with Crippen LogP contribution in [-0.4, -0.2) is 63.9 Å². The zero-order chi connectivity index (χ0) is 31.9. The zero-order valence-corrected chi connectivity index (χ0v) is 26.0. The van der Waals surface area contributed by atoms with Gasteiger partial charge in [-0.1, -0.05) is 93.0 Å². The van der Waals surface area contributed by atoms with Crippen molar-refractivity contribution in [3.63, 3.8) is 0 Å². The number of amides is 3. The van der Waals surface area contributed by atoms with E-state index >= 15 is 0 Å². The molecule has 1 aliphatic rings. The summed E-state index contributed by atoms with van der Waals surface area (Å²) in [6.07, 6.45) is 0.838. The minimum atomic E-state index is -1.04. The summed E-state index contributed by atoms with van der Waals surface area (Å²) in [4.78, 5) is 58.4. The van der Waals surface area contributed by atoms with Crippen LogP contribution in [0.2, 0.25) is 0 Å². The molecule has 1 fully saturated rings. The molecule has 4 rings (SSSR count). The largest absolute Gasteiger partial charge is 0.445 e. The van der Waals surface area contributed by atoms with Gasteiger partial charge in [-0.3, -0.25) is 14.4 Å². The van der Waals surface area contributed by atoms with E-state index in [0.717, 1.165) is 16.7 Å². The number of carbonyl (C=O) groups is 4. The summed E-state index contributed by atoms with van der Waals surface area (Å²) in [5, 5.41) is 9.49. The molecule has 0 radical (unpaired) electrons. The molecule has 44 heavy (non-hydrogen) atoms. The molecule has 2 heterocycles. The molecule has 234 valence electrons. The maximum atomic E-state index is 13.6. The number of benzene rings is 2. The van der Waals surface area contributed by atoms with E-state index in [9.17, 15) is 19.2 Å². The molecule has 1 saturated heterocycles. The zero-order valence-electron chi connectivity index (χ0n) is 26.0. The van der Waals surface area contributed by atoms with Crippen LogP contribution in [-0.2, 0) is 27.4 Å². The average Bonchev–Trinajstić information content (AvgIpc) is 3.68. The highest BCUT2D eigenvalue weighted by atomic mass is 16.5. The number of alkyl carbamates (subject to hydrolysis) is 1. The van der Waals surface area contributed by atoms with Crippen LogP contribution < -0.4 is 10.6 Å². The van der Waals surface area contributed by atoms with Crippen molar-refractivity contribution in [3.05, 3.63) is 83.0 Å². The third-order valence-electron chi connectivity index (χ3n) is 7.68. The van der Waals surface area contributed by atoms with Gasteiger partial charge in [-0.25, -0.2) is 4.79 Å². The minimum absolute atomic E-state index is 0.0104. The number of rotatable bonds is 12. The van der Waals surface area contributed by atoms with Crippen LogP contribution in [0.4, 0.5) is 4.79 Å². The van der Waals surface area contributed by atoms with Gasteiger partial charge < -0.3 is 24.8 Å². The number of carbonyl (C=O) groups excluding carboxylic acids is 4. The molecule has 3 aromatic rings. The molecule has 0 spiro atoms. The van der Waals surface area contributed by atoms with Crippen LogP contribution in [0.3, 0.4) is 0 Å². The van der Waals surface area contributed by atoms with E-state index in [-0.39, 0.29) is 36.8 Å². The van der Waals surface area contributed by atoms with Gasteiger partial charge >= 0.3 is 6.09 Å². The Kier molecular flexibility index (Phi) is 10.5. The number of hydrogen-bond donors (Lipinski definition) is 2. The molecule has 1 aliphatic heterocycles. The van der Waals surface area contributed by atoms with Crippen LogP contribution in [0.5, 0.6) is 0 Å². The third-order valence-corrected chi connectivity index (χ3v) is 7.68. The number of likely N-dealkylation sites (tertiary alicyclic amines) is 1. The summed E-state index contributed by atoms with van der Waals surface area (Å²) < 4.78 is 10.6. The summed E-state index contributed by atoms with van der Waals surface area (Å²) >= 11 is 0. The Hall–Kier alpha value is -4.54. The molecule has 2 atom stereocenters. The average molecular weight is 604 g/mol. The molecule has 0 aliphatic carbocycles. The predicted molar refractivity (Wildman–Crippen MR) is 163 cm³/mol. The summed E-state index contributed by atoms with van der Waals surface area (Å²) in [5.41, 5.74) is 1.90. The molecule has 0 bridgehead atoms. The van der Waals surface area contributed by atoms with Gasteiger partial charge in [0.15, 0.2) is 5.82 Å². The molecule has 2 aromatic carbocycles. The third kappa shape index (κ3) is 8.30. The number of Topliss-reactive ketones (excluding diaryl/α,β-unsaturated/α-hetero) is 1. The van der Waals surface area contributed by atoms with E-state index < -0.39 is 29.4 Å². The number of nitrogens with one attached hydrogen (secondary N) is 2. The van der Waals surface area contributed by atoms with Crippen molar-refractivity contribution in [1.29, 1.82) is 0 Å². The minimum Gasteiger partial charge on any atom is -0.445 e. The highest BCUT2D eigenvalue weighted by Gasteiger charge is 2.40. The SMILES string of the molecule is Cc1cccc(Cc2noc(C(=O)C(C)(C)CNC(=O)C3CCCN3C(=O)C(NC(=O)OCc3ccccc3)C(C)C)n2)c1. The molecule has 11 nitrogen and oxygen atoms in total. The first-order chi connectivity index (χ1) is 20.9. The Balaban J connectivity index is 1.32. The summed E-state index contributed by atoms with van der Waals surface area (Å²) in [6.45, 7) is 9.49. The predicted octanol–water partition coefficient (Wildman–Crippen LogP) is 4.24. The summed E-state index contributed by atoms with van der Waals surface area (Å²) in [7, 11) is 0. The number of nitrogens with zero attached hydrogens (tertiary/aromatic N) is 3. The van der Waals surface area contributed by atoms with Crippen LogP contribution in [0, 0.1) is 18.3 Å². The van der Waals surface area contributed by atoms with Gasteiger partial charge in [0.25, 0.3) is 5.89 Å². The van der Waals surface area contributed by atoms with E-state index in [1.54, 1.807) is 13.8 Å². The molecule has 1 aromatic heterocycles. The smallest absolute Gasteiger partial charge is 0.408 e. The quantitative estimate of drug-likeness (QED) is 0.293. The Morgan fingerprint density at radius 1 is 1.07 bits per heavy atom. The first-order valence-electron chi connectivity index (χ1n) is 14.9. The van der Waals surface area contributed by atoms with Crippen molar-refractivity contribution in [1.82, 2.24) is 25.7 Å². The van der Waals surface area contributed by atoms with E-state index in [4.69, 9.17) is 9.26 Å². The number of hydrogen-bond acceptors (Lipinski definition) is 8. The number of ketones is 1. The van der Waals surface area contributed by atoms with Crippen LogP contribution in [0.15, 0.2) is 59.1 Å². The van der Waals surface area contributed by atoms with Crippen molar-refractivity contribution in [2.24, 2.45) is 11.3 Å². The van der Waals surface area contributed by atoms with E-state index in [1.807, 2.05) is 75.4 Å². The fourth-order valence-corrected chi connectivity index (χ4v) is 5.11. The van der Waals surface area contributed by atoms with Gasteiger partial charge in [-0.05, 0) is 36.8 Å². The van der Waals surface area contributed by atoms with Crippen molar-refractivity contribution in [2.45, 2.75) is 72.6 Å². The molecular formula is C33H41N5O6. The second-order valence-corrected chi connectivity index (χ2v) is 12.2. The number of aromatic nitrogens is 2. The van der Waals surface area contributed by atoms with Crippen LogP contribution >= 0.6 is 0 Å².